The molecule has 1 aliphatic rings. The maximum absolute atomic E-state index is 13.4. The van der Waals surface area contributed by atoms with E-state index in [-0.39, 0.29) is 10.9 Å². The third kappa shape index (κ3) is 5.22. The van der Waals surface area contributed by atoms with E-state index in [1.54, 1.807) is 12.1 Å². The topological polar surface area (TPSA) is 41.1 Å². The fourth-order valence-electron chi connectivity index (χ4n) is 3.02. The second-order valence-corrected chi connectivity index (χ2v) is 8.03. The lowest BCUT2D eigenvalue weighted by molar-refractivity contribution is -0.120. The summed E-state index contributed by atoms with van der Waals surface area (Å²) in [4.78, 5) is 13.6. The molecule has 2 aromatic carbocycles. The summed E-state index contributed by atoms with van der Waals surface area (Å²) < 4.78 is 13.4. The van der Waals surface area contributed by atoms with Crippen LogP contribution in [0.3, 0.4) is 0 Å². The summed E-state index contributed by atoms with van der Waals surface area (Å²) in [7, 11) is 0. The number of piperidine rings is 1. The summed E-state index contributed by atoms with van der Waals surface area (Å²) in [6, 6.07) is 14.2. The maximum atomic E-state index is 13.4. The van der Waals surface area contributed by atoms with Crippen molar-refractivity contribution in [1.29, 1.82) is 0 Å². The van der Waals surface area contributed by atoms with Crippen molar-refractivity contribution in [2.24, 2.45) is 5.92 Å². The molecule has 1 aliphatic heterocycles. The lowest BCUT2D eigenvalue weighted by Crippen LogP contribution is -2.39. The molecule has 0 radical (unpaired) electrons. The minimum absolute atomic E-state index is 0.0350. The molecular formula is C20H22ClFN2OS. The fourth-order valence-corrected chi connectivity index (χ4v) is 4.36. The molecule has 26 heavy (non-hydrogen) atoms. The third-order valence-electron chi connectivity index (χ3n) is 4.45. The van der Waals surface area contributed by atoms with Crippen LogP contribution in [0.15, 0.2) is 53.4 Å². The van der Waals surface area contributed by atoms with E-state index >= 15 is 0 Å². The van der Waals surface area contributed by atoms with Gasteiger partial charge in [0.25, 0.3) is 0 Å². The van der Waals surface area contributed by atoms with E-state index in [4.69, 9.17) is 11.6 Å². The number of carbonyl (C=O) groups is 1. The normalized spacial score (nSPS) is 18.3. The molecule has 1 amide bonds. The van der Waals surface area contributed by atoms with Gasteiger partial charge >= 0.3 is 0 Å². The van der Waals surface area contributed by atoms with Crippen molar-refractivity contribution in [3.8, 4) is 0 Å². The summed E-state index contributed by atoms with van der Waals surface area (Å²) in [5, 5.41) is 6.11. The van der Waals surface area contributed by atoms with Crippen LogP contribution in [0.2, 0.25) is 5.02 Å². The van der Waals surface area contributed by atoms with Gasteiger partial charge in [-0.05, 0) is 55.6 Å². The van der Waals surface area contributed by atoms with Crippen LogP contribution < -0.4 is 10.6 Å². The highest BCUT2D eigenvalue weighted by Crippen LogP contribution is 2.37. The third-order valence-corrected chi connectivity index (χ3v) is 5.99. The van der Waals surface area contributed by atoms with Gasteiger partial charge in [0.05, 0.1) is 5.02 Å². The van der Waals surface area contributed by atoms with Gasteiger partial charge in [-0.3, -0.25) is 4.79 Å². The zero-order valence-electron chi connectivity index (χ0n) is 14.4. The van der Waals surface area contributed by atoms with Crippen molar-refractivity contribution < 1.29 is 9.18 Å². The number of nitrogens with one attached hydrogen (secondary N) is 2. The van der Waals surface area contributed by atoms with Crippen molar-refractivity contribution in [1.82, 2.24) is 10.6 Å². The Morgan fingerprint density at radius 2 is 2.12 bits per heavy atom. The van der Waals surface area contributed by atoms with Crippen LogP contribution in [0, 0.1) is 11.7 Å². The van der Waals surface area contributed by atoms with Crippen LogP contribution in [0.25, 0.3) is 0 Å². The van der Waals surface area contributed by atoms with E-state index in [9.17, 15) is 9.18 Å². The molecule has 0 spiro atoms. The number of carbonyl (C=O) groups excluding carboxylic acids is 1. The van der Waals surface area contributed by atoms with E-state index in [2.05, 4.69) is 10.6 Å². The predicted octanol–water partition coefficient (Wildman–Crippen LogP) is 4.43. The second kappa shape index (κ2) is 9.40. The van der Waals surface area contributed by atoms with Crippen LogP contribution in [-0.4, -0.2) is 25.5 Å². The molecule has 1 saturated heterocycles. The monoisotopic (exact) mass is 392 g/mol. The molecule has 2 aromatic rings. The molecule has 0 aliphatic carbocycles. The molecule has 1 fully saturated rings. The maximum Gasteiger partial charge on any atom is 0.238 e. The lowest BCUT2D eigenvalue weighted by Gasteiger charge is -2.24. The summed E-state index contributed by atoms with van der Waals surface area (Å²) in [6.07, 6.45) is 2.27. The number of benzene rings is 2. The highest BCUT2D eigenvalue weighted by Gasteiger charge is 2.23. The molecule has 2 N–H and O–H groups in total. The van der Waals surface area contributed by atoms with Crippen molar-refractivity contribution in [2.45, 2.75) is 23.0 Å². The number of amides is 1. The average Bonchev–Trinajstić information content (AvgIpc) is 2.68. The molecule has 3 rings (SSSR count). The first-order chi connectivity index (χ1) is 12.6. The van der Waals surface area contributed by atoms with Crippen molar-refractivity contribution in [3.05, 3.63) is 64.9 Å². The van der Waals surface area contributed by atoms with Gasteiger partial charge in [-0.15, -0.1) is 11.8 Å². The Morgan fingerprint density at radius 3 is 2.81 bits per heavy atom. The lowest BCUT2D eigenvalue weighted by atomic mass is 9.99. The minimum Gasteiger partial charge on any atom is -0.355 e. The molecule has 0 saturated carbocycles. The van der Waals surface area contributed by atoms with Gasteiger partial charge in [0.15, 0.2) is 0 Å². The molecule has 0 aromatic heterocycles. The predicted molar refractivity (Wildman–Crippen MR) is 105 cm³/mol. The number of hydrogen-bond donors (Lipinski definition) is 2. The molecule has 2 atom stereocenters. The van der Waals surface area contributed by atoms with E-state index in [0.717, 1.165) is 36.4 Å². The van der Waals surface area contributed by atoms with Crippen LogP contribution >= 0.6 is 23.4 Å². The first-order valence-corrected chi connectivity index (χ1v) is 10.0. The highest BCUT2D eigenvalue weighted by atomic mass is 35.5. The average molecular weight is 393 g/mol. The largest absolute Gasteiger partial charge is 0.355 e. The fraction of sp³-hybridized carbons (Fsp3) is 0.350. The summed E-state index contributed by atoms with van der Waals surface area (Å²) in [5.74, 6) is -0.0249. The number of thioether (sulfide) groups is 1. The first-order valence-electron chi connectivity index (χ1n) is 8.78. The van der Waals surface area contributed by atoms with Gasteiger partial charge in [0.2, 0.25) is 5.91 Å². The van der Waals surface area contributed by atoms with E-state index in [1.807, 2.05) is 30.3 Å². The standard InChI is InChI=1S/C20H22ClFN2OS/c21-17-11-16(8-9-18(17)22)26-19(15-6-2-1-3-7-15)20(25)24-13-14-5-4-10-23-12-14/h1-3,6-9,11,14,19,23H,4-5,10,12-13H2,(H,24,25). The van der Waals surface area contributed by atoms with Crippen molar-refractivity contribution >= 4 is 29.3 Å². The molecule has 1 heterocycles. The summed E-state index contributed by atoms with van der Waals surface area (Å²) >= 11 is 7.27. The SMILES string of the molecule is O=C(NCC1CCCNC1)C(Sc1ccc(F)c(Cl)c1)c1ccccc1. The molecular weight excluding hydrogens is 371 g/mol. The Labute approximate surface area is 162 Å². The summed E-state index contributed by atoms with van der Waals surface area (Å²) in [6.45, 7) is 2.66. The van der Waals surface area contributed by atoms with E-state index < -0.39 is 11.1 Å². The number of halogens is 2. The zero-order valence-corrected chi connectivity index (χ0v) is 16.0. The van der Waals surface area contributed by atoms with Gasteiger partial charge < -0.3 is 10.6 Å². The van der Waals surface area contributed by atoms with E-state index in [0.29, 0.717) is 12.5 Å². The molecule has 138 valence electrons. The molecule has 2 unspecified atom stereocenters. The molecule has 6 heteroatoms. The van der Waals surface area contributed by atoms with Crippen LogP contribution in [0.4, 0.5) is 4.39 Å². The first kappa shape index (κ1) is 19.2. The molecule has 0 bridgehead atoms. The van der Waals surface area contributed by atoms with Gasteiger partial charge in [-0.25, -0.2) is 4.39 Å². The van der Waals surface area contributed by atoms with E-state index in [1.165, 1.54) is 17.8 Å². The zero-order chi connectivity index (χ0) is 18.4. The van der Waals surface area contributed by atoms with Crippen molar-refractivity contribution in [3.63, 3.8) is 0 Å². The Kier molecular flexibility index (Phi) is 6.94. The number of rotatable bonds is 6. The second-order valence-electron chi connectivity index (χ2n) is 6.44. The Bertz CT molecular complexity index is 738. The minimum atomic E-state index is -0.457. The smallest absolute Gasteiger partial charge is 0.238 e. The summed E-state index contributed by atoms with van der Waals surface area (Å²) in [5.41, 5.74) is 0.914. The van der Waals surface area contributed by atoms with Crippen LogP contribution in [-0.2, 0) is 4.79 Å². The van der Waals surface area contributed by atoms with Gasteiger partial charge in [0, 0.05) is 11.4 Å². The molecule has 3 nitrogen and oxygen atoms in total. The Hall–Kier alpha value is -1.56. The highest BCUT2D eigenvalue weighted by molar-refractivity contribution is 8.00. The van der Waals surface area contributed by atoms with Crippen molar-refractivity contribution in [2.75, 3.05) is 19.6 Å². The van der Waals surface area contributed by atoms with Crippen LogP contribution in [0.1, 0.15) is 23.7 Å². The van der Waals surface area contributed by atoms with Gasteiger partial charge in [-0.2, -0.15) is 0 Å². The quantitative estimate of drug-likeness (QED) is 0.714. The van der Waals surface area contributed by atoms with Crippen LogP contribution in [0.5, 0.6) is 0 Å². The van der Waals surface area contributed by atoms with Gasteiger partial charge in [-0.1, -0.05) is 41.9 Å². The van der Waals surface area contributed by atoms with Gasteiger partial charge in [0.1, 0.15) is 11.1 Å². The Morgan fingerprint density at radius 1 is 1.31 bits per heavy atom. The Balaban J connectivity index is 1.72. The number of hydrogen-bond acceptors (Lipinski definition) is 3.